The van der Waals surface area contributed by atoms with E-state index in [9.17, 15) is 0 Å². The third-order valence-electron chi connectivity index (χ3n) is 7.55. The molecule has 6 nitrogen and oxygen atoms in total. The molecule has 1 aliphatic carbocycles. The summed E-state index contributed by atoms with van der Waals surface area (Å²) in [7, 11) is -2.11. The number of hydrogen-bond acceptors (Lipinski definition) is 6. The minimum atomic E-state index is -2.11. The topological polar surface area (TPSA) is 55.4 Å². The van der Waals surface area contributed by atoms with Crippen LogP contribution >= 0.6 is 0 Å². The Labute approximate surface area is 203 Å². The van der Waals surface area contributed by atoms with E-state index < -0.39 is 14.8 Å². The third-order valence-corrected chi connectivity index (χ3v) is 12.0. The van der Waals surface area contributed by atoms with E-state index in [1.807, 2.05) is 36.4 Å². The fraction of sp³-hybridized carbons (Fsp3) is 0.556. The zero-order valence-electron chi connectivity index (χ0n) is 20.7. The van der Waals surface area contributed by atoms with Crippen molar-refractivity contribution in [2.75, 3.05) is 0 Å². The molecule has 4 unspecified atom stereocenters. The van der Waals surface area contributed by atoms with Crippen LogP contribution in [0.3, 0.4) is 0 Å². The van der Waals surface area contributed by atoms with Gasteiger partial charge in [0.2, 0.25) is 0 Å². The molecule has 1 saturated carbocycles. The first-order valence-corrected chi connectivity index (χ1v) is 15.1. The zero-order chi connectivity index (χ0) is 23.9. The van der Waals surface area contributed by atoms with Crippen molar-refractivity contribution in [1.29, 1.82) is 0 Å². The van der Waals surface area contributed by atoms with Gasteiger partial charge in [0.15, 0.2) is 8.32 Å². The highest BCUT2D eigenvalue weighted by Crippen LogP contribution is 2.47. The SMILES string of the molecule is CC(C)(C)[Si](C)(C)OC1C2OC3OC(C2OCc2ccccc2)C(OCc2ccccc2)C1O3. The van der Waals surface area contributed by atoms with Gasteiger partial charge in [-0.3, -0.25) is 0 Å². The normalized spacial score (nSPS) is 32.8. The van der Waals surface area contributed by atoms with Crippen LogP contribution in [0.15, 0.2) is 60.7 Å². The van der Waals surface area contributed by atoms with Crippen LogP contribution in [0.1, 0.15) is 31.9 Å². The van der Waals surface area contributed by atoms with Crippen LogP contribution in [0.4, 0.5) is 0 Å². The number of rotatable bonds is 8. The van der Waals surface area contributed by atoms with Gasteiger partial charge in [-0.25, -0.2) is 0 Å². The molecular formula is C27H36O6Si. The summed E-state index contributed by atoms with van der Waals surface area (Å²) >= 11 is 0. The molecule has 3 saturated heterocycles. The molecule has 3 heterocycles. The summed E-state index contributed by atoms with van der Waals surface area (Å²) in [4.78, 5) is 0. The second kappa shape index (κ2) is 9.46. The van der Waals surface area contributed by atoms with E-state index >= 15 is 0 Å². The highest BCUT2D eigenvalue weighted by Gasteiger charge is 2.64. The maximum absolute atomic E-state index is 6.92. The summed E-state index contributed by atoms with van der Waals surface area (Å²) in [5, 5.41) is 0.0545. The maximum atomic E-state index is 6.92. The van der Waals surface area contributed by atoms with Crippen molar-refractivity contribution in [3.8, 4) is 0 Å². The molecule has 2 aromatic rings. The van der Waals surface area contributed by atoms with E-state index in [0.717, 1.165) is 11.1 Å². The monoisotopic (exact) mass is 484 g/mol. The lowest BCUT2D eigenvalue weighted by Crippen LogP contribution is -2.77. The van der Waals surface area contributed by atoms with Crippen molar-refractivity contribution in [2.24, 2.45) is 0 Å². The third kappa shape index (κ3) is 4.75. The maximum Gasteiger partial charge on any atom is 0.272 e. The number of benzene rings is 2. The molecular weight excluding hydrogens is 448 g/mol. The van der Waals surface area contributed by atoms with E-state index in [4.69, 9.17) is 28.1 Å². The standard InChI is InChI=1S/C27H36O6Si/c1-27(2,3)34(4,5)33-25-23-20(28-16-18-12-8-6-9-13-18)22-21(24(25)32-26(30-22)31-23)29-17-19-14-10-7-11-15-19/h6-15,20-26H,16-17H2,1-5H3. The molecule has 0 amide bonds. The van der Waals surface area contributed by atoms with Gasteiger partial charge in [-0.1, -0.05) is 81.4 Å². The Bertz CT molecular complexity index is 885. The molecule has 7 heteroatoms. The Kier molecular flexibility index (Phi) is 6.72. The van der Waals surface area contributed by atoms with Crippen molar-refractivity contribution in [3.05, 3.63) is 71.8 Å². The Morgan fingerprint density at radius 2 is 1.09 bits per heavy atom. The van der Waals surface area contributed by atoms with E-state index in [0.29, 0.717) is 13.2 Å². The van der Waals surface area contributed by atoms with Gasteiger partial charge >= 0.3 is 0 Å². The highest BCUT2D eigenvalue weighted by molar-refractivity contribution is 6.74. The van der Waals surface area contributed by atoms with Crippen LogP contribution in [0, 0.1) is 0 Å². The smallest absolute Gasteiger partial charge is 0.272 e. The molecule has 2 aromatic carbocycles. The summed E-state index contributed by atoms with van der Waals surface area (Å²) in [5.41, 5.74) is 2.22. The first kappa shape index (κ1) is 24.1. The van der Waals surface area contributed by atoms with Crippen LogP contribution in [-0.4, -0.2) is 51.4 Å². The summed E-state index contributed by atoms with van der Waals surface area (Å²) in [5.74, 6) is 0. The van der Waals surface area contributed by atoms with Crippen LogP contribution in [0.5, 0.6) is 0 Å². The van der Waals surface area contributed by atoms with Crippen molar-refractivity contribution in [3.63, 3.8) is 0 Å². The van der Waals surface area contributed by atoms with E-state index in [1.54, 1.807) is 0 Å². The second-order valence-corrected chi connectivity index (χ2v) is 15.7. The summed E-state index contributed by atoms with van der Waals surface area (Å²) < 4.78 is 38.3. The van der Waals surface area contributed by atoms with Gasteiger partial charge in [0.1, 0.15) is 36.6 Å². The van der Waals surface area contributed by atoms with Gasteiger partial charge in [-0.2, -0.15) is 0 Å². The molecule has 0 N–H and O–H groups in total. The van der Waals surface area contributed by atoms with Crippen LogP contribution < -0.4 is 0 Å². The van der Waals surface area contributed by atoms with Gasteiger partial charge in [0, 0.05) is 0 Å². The van der Waals surface area contributed by atoms with Crippen molar-refractivity contribution < 1.29 is 28.1 Å². The average molecular weight is 485 g/mol. The second-order valence-electron chi connectivity index (χ2n) is 11.0. The molecule has 3 aliphatic heterocycles. The minimum Gasteiger partial charge on any atom is -0.408 e. The minimum absolute atomic E-state index is 0.0545. The van der Waals surface area contributed by atoms with E-state index in [1.165, 1.54) is 0 Å². The number of hydrogen-bond donors (Lipinski definition) is 0. The molecule has 0 aromatic heterocycles. The fourth-order valence-electron chi connectivity index (χ4n) is 4.63. The van der Waals surface area contributed by atoms with E-state index in [-0.39, 0.29) is 41.7 Å². The predicted octanol–water partition coefficient (Wildman–Crippen LogP) is 5.03. The lowest BCUT2D eigenvalue weighted by molar-refractivity contribution is -0.485. The molecule has 34 heavy (non-hydrogen) atoms. The first-order valence-electron chi connectivity index (χ1n) is 12.2. The van der Waals surface area contributed by atoms with Gasteiger partial charge in [-0.15, -0.1) is 0 Å². The molecule has 4 atom stereocenters. The lowest BCUT2D eigenvalue weighted by Gasteiger charge is -2.60. The van der Waals surface area contributed by atoms with Gasteiger partial charge in [0.05, 0.1) is 13.2 Å². The Morgan fingerprint density at radius 3 is 1.50 bits per heavy atom. The Morgan fingerprint density at radius 1 is 0.676 bits per heavy atom. The van der Waals surface area contributed by atoms with Crippen molar-refractivity contribution >= 4 is 8.32 Å². The Hall–Kier alpha value is -1.58. The van der Waals surface area contributed by atoms with Gasteiger partial charge in [0.25, 0.3) is 6.48 Å². The molecule has 6 rings (SSSR count). The molecule has 4 aliphatic rings. The average Bonchev–Trinajstić information content (AvgIpc) is 2.81. The van der Waals surface area contributed by atoms with Crippen molar-refractivity contribution in [1.82, 2.24) is 0 Å². The zero-order valence-corrected chi connectivity index (χ0v) is 21.7. The first-order chi connectivity index (χ1) is 16.2. The fourth-order valence-corrected chi connectivity index (χ4v) is 5.93. The lowest BCUT2D eigenvalue weighted by atomic mass is 9.82. The summed E-state index contributed by atoms with van der Waals surface area (Å²) in [6.07, 6.45) is -1.72. The predicted molar refractivity (Wildman–Crippen MR) is 131 cm³/mol. The quantitative estimate of drug-likeness (QED) is 0.490. The summed E-state index contributed by atoms with van der Waals surface area (Å²) in [6.45, 7) is 11.5. The van der Waals surface area contributed by atoms with Crippen LogP contribution in [0.25, 0.3) is 0 Å². The molecule has 4 bridgehead atoms. The largest absolute Gasteiger partial charge is 0.408 e. The van der Waals surface area contributed by atoms with Crippen molar-refractivity contribution in [2.45, 2.75) is 95.2 Å². The molecule has 184 valence electrons. The number of ether oxygens (including phenoxy) is 5. The molecule has 0 radical (unpaired) electrons. The Balaban J connectivity index is 1.40. The van der Waals surface area contributed by atoms with Gasteiger partial charge < -0.3 is 28.1 Å². The van der Waals surface area contributed by atoms with Crippen LogP contribution in [-0.2, 0) is 41.3 Å². The highest BCUT2D eigenvalue weighted by atomic mass is 28.4. The molecule has 4 fully saturated rings. The van der Waals surface area contributed by atoms with Crippen LogP contribution in [0.2, 0.25) is 18.1 Å². The summed E-state index contributed by atoms with van der Waals surface area (Å²) in [6, 6.07) is 20.3. The van der Waals surface area contributed by atoms with E-state index in [2.05, 4.69) is 58.1 Å². The molecule has 0 spiro atoms. The van der Waals surface area contributed by atoms with Gasteiger partial charge in [-0.05, 0) is 29.3 Å².